The second kappa shape index (κ2) is 8.05. The third kappa shape index (κ3) is 4.52. The third-order valence-corrected chi connectivity index (χ3v) is 3.42. The zero-order chi connectivity index (χ0) is 17.5. The largest absolute Gasteiger partial charge is 0.480 e. The fourth-order valence-electron chi connectivity index (χ4n) is 2.22. The van der Waals surface area contributed by atoms with Gasteiger partial charge in [0.2, 0.25) is 0 Å². The van der Waals surface area contributed by atoms with Crippen LogP contribution >= 0.6 is 0 Å². The molecule has 2 N–H and O–H groups in total. The topological polar surface area (TPSA) is 101 Å². The summed E-state index contributed by atoms with van der Waals surface area (Å²) in [4.78, 5) is 35.3. The number of benzene rings is 1. The number of nitrogens with zero attached hydrogens (tertiary/aromatic N) is 2. The van der Waals surface area contributed by atoms with Crippen molar-refractivity contribution in [3.05, 3.63) is 64.1 Å². The first-order valence-corrected chi connectivity index (χ1v) is 7.67. The Morgan fingerprint density at radius 2 is 1.92 bits per heavy atom. The predicted molar refractivity (Wildman–Crippen MR) is 87.8 cm³/mol. The normalized spacial score (nSPS) is 11.7. The molecular formula is C17H19N3O4. The molecule has 1 amide bonds. The van der Waals surface area contributed by atoms with E-state index < -0.39 is 17.9 Å². The van der Waals surface area contributed by atoms with Crippen LogP contribution in [0.4, 0.5) is 0 Å². The zero-order valence-electron chi connectivity index (χ0n) is 13.3. The fourth-order valence-corrected chi connectivity index (χ4v) is 2.22. The highest BCUT2D eigenvalue weighted by atomic mass is 16.4. The molecule has 2 aromatic rings. The summed E-state index contributed by atoms with van der Waals surface area (Å²) in [6, 6.07) is 10.5. The molecule has 1 atom stereocenters. The maximum absolute atomic E-state index is 12.3. The molecule has 7 nitrogen and oxygen atoms in total. The standard InChI is InChI=1S/C17H19N3O4/c1-2-10-20-15(21)9-8-13(19-20)16(22)18-14(17(23)24)11-12-6-4-3-5-7-12/h3-9,14H,2,10-11H2,1H3,(H,18,22)(H,23,24). The summed E-state index contributed by atoms with van der Waals surface area (Å²) in [7, 11) is 0. The number of hydrogen-bond acceptors (Lipinski definition) is 4. The maximum atomic E-state index is 12.3. The number of carboxylic acids is 1. The molecule has 24 heavy (non-hydrogen) atoms. The summed E-state index contributed by atoms with van der Waals surface area (Å²) >= 11 is 0. The summed E-state index contributed by atoms with van der Waals surface area (Å²) in [6.45, 7) is 2.29. The van der Waals surface area contributed by atoms with Crippen LogP contribution in [0.5, 0.6) is 0 Å². The molecule has 0 aliphatic heterocycles. The van der Waals surface area contributed by atoms with E-state index in [4.69, 9.17) is 0 Å². The summed E-state index contributed by atoms with van der Waals surface area (Å²) in [5.74, 6) is -1.75. The minimum absolute atomic E-state index is 0.0161. The molecule has 0 fully saturated rings. The van der Waals surface area contributed by atoms with E-state index in [0.29, 0.717) is 13.0 Å². The van der Waals surface area contributed by atoms with Crippen molar-refractivity contribution in [1.82, 2.24) is 15.1 Å². The quantitative estimate of drug-likeness (QED) is 0.791. The number of carbonyl (C=O) groups excluding carboxylic acids is 1. The first kappa shape index (κ1) is 17.4. The predicted octanol–water partition coefficient (Wildman–Crippen LogP) is 1.08. The molecule has 1 aromatic heterocycles. The van der Waals surface area contributed by atoms with Crippen molar-refractivity contribution in [1.29, 1.82) is 0 Å². The van der Waals surface area contributed by atoms with E-state index in [1.54, 1.807) is 24.3 Å². The first-order valence-electron chi connectivity index (χ1n) is 7.67. The molecule has 2 rings (SSSR count). The lowest BCUT2D eigenvalue weighted by molar-refractivity contribution is -0.139. The molecule has 0 radical (unpaired) electrons. The van der Waals surface area contributed by atoms with Gasteiger partial charge in [-0.05, 0) is 18.1 Å². The van der Waals surface area contributed by atoms with Crippen molar-refractivity contribution in [3.8, 4) is 0 Å². The number of hydrogen-bond donors (Lipinski definition) is 2. The van der Waals surface area contributed by atoms with Gasteiger partial charge in [-0.3, -0.25) is 9.59 Å². The maximum Gasteiger partial charge on any atom is 0.326 e. The van der Waals surface area contributed by atoms with Crippen LogP contribution in [-0.2, 0) is 17.8 Å². The third-order valence-electron chi connectivity index (χ3n) is 3.42. The fraction of sp³-hybridized carbons (Fsp3) is 0.294. The van der Waals surface area contributed by atoms with Gasteiger partial charge in [-0.1, -0.05) is 37.3 Å². The van der Waals surface area contributed by atoms with Crippen molar-refractivity contribution in [3.63, 3.8) is 0 Å². The Labute approximate surface area is 138 Å². The van der Waals surface area contributed by atoms with Crippen LogP contribution < -0.4 is 10.9 Å². The van der Waals surface area contributed by atoms with Gasteiger partial charge in [0.1, 0.15) is 11.7 Å². The SMILES string of the molecule is CCCn1nc(C(=O)NC(Cc2ccccc2)C(=O)O)ccc1=O. The van der Waals surface area contributed by atoms with Crippen molar-refractivity contribution in [2.75, 3.05) is 0 Å². The smallest absolute Gasteiger partial charge is 0.326 e. The van der Waals surface area contributed by atoms with Crippen molar-refractivity contribution in [2.45, 2.75) is 32.4 Å². The summed E-state index contributed by atoms with van der Waals surface area (Å²) in [5, 5.41) is 15.8. The summed E-state index contributed by atoms with van der Waals surface area (Å²) < 4.78 is 1.20. The molecule has 1 unspecified atom stereocenters. The number of carbonyl (C=O) groups is 2. The van der Waals surface area contributed by atoms with Gasteiger partial charge in [0.05, 0.1) is 0 Å². The van der Waals surface area contributed by atoms with E-state index in [9.17, 15) is 19.5 Å². The van der Waals surface area contributed by atoms with Gasteiger partial charge >= 0.3 is 5.97 Å². The first-order chi connectivity index (χ1) is 11.5. The summed E-state index contributed by atoms with van der Waals surface area (Å²) in [6.07, 6.45) is 0.861. The number of rotatable bonds is 7. The Hall–Kier alpha value is -2.96. The van der Waals surface area contributed by atoms with E-state index in [2.05, 4.69) is 10.4 Å². The Morgan fingerprint density at radius 1 is 1.21 bits per heavy atom. The molecule has 1 heterocycles. The van der Waals surface area contributed by atoms with Crippen LogP contribution in [0.25, 0.3) is 0 Å². The average molecular weight is 329 g/mol. The molecular weight excluding hydrogens is 310 g/mol. The lowest BCUT2D eigenvalue weighted by atomic mass is 10.1. The highest BCUT2D eigenvalue weighted by molar-refractivity contribution is 5.94. The number of aryl methyl sites for hydroxylation is 1. The average Bonchev–Trinajstić information content (AvgIpc) is 2.57. The van der Waals surface area contributed by atoms with Crippen LogP contribution in [0.1, 0.15) is 29.4 Å². The van der Waals surface area contributed by atoms with Crippen molar-refractivity contribution >= 4 is 11.9 Å². The van der Waals surface area contributed by atoms with Crippen LogP contribution in [0.2, 0.25) is 0 Å². The van der Waals surface area contributed by atoms with Crippen LogP contribution in [0.3, 0.4) is 0 Å². The molecule has 7 heteroatoms. The molecule has 0 aliphatic rings. The number of nitrogens with one attached hydrogen (secondary N) is 1. The Kier molecular flexibility index (Phi) is 5.83. The second-order valence-corrected chi connectivity index (χ2v) is 5.33. The Bertz CT molecular complexity index is 771. The van der Waals surface area contributed by atoms with Crippen LogP contribution in [0, 0.1) is 0 Å². The van der Waals surface area contributed by atoms with E-state index in [0.717, 1.165) is 5.56 Å². The Balaban J connectivity index is 2.14. The van der Waals surface area contributed by atoms with E-state index >= 15 is 0 Å². The molecule has 0 spiro atoms. The van der Waals surface area contributed by atoms with Gasteiger partial charge in [0.25, 0.3) is 11.5 Å². The minimum Gasteiger partial charge on any atom is -0.480 e. The van der Waals surface area contributed by atoms with Gasteiger partial charge in [-0.25, -0.2) is 9.48 Å². The monoisotopic (exact) mass is 329 g/mol. The second-order valence-electron chi connectivity index (χ2n) is 5.33. The molecule has 0 aliphatic carbocycles. The number of carboxylic acid groups (broad SMARTS) is 1. The van der Waals surface area contributed by atoms with Gasteiger partial charge < -0.3 is 10.4 Å². The zero-order valence-corrected chi connectivity index (χ0v) is 13.3. The molecule has 1 aromatic carbocycles. The van der Waals surface area contributed by atoms with Gasteiger partial charge in [-0.15, -0.1) is 0 Å². The minimum atomic E-state index is -1.13. The number of aromatic nitrogens is 2. The van der Waals surface area contributed by atoms with E-state index in [1.165, 1.54) is 16.8 Å². The van der Waals surface area contributed by atoms with Crippen LogP contribution in [-0.4, -0.2) is 32.8 Å². The summed E-state index contributed by atoms with van der Waals surface area (Å²) in [5.41, 5.74) is 0.518. The van der Waals surface area contributed by atoms with Gasteiger partial charge in [0.15, 0.2) is 0 Å². The number of amides is 1. The van der Waals surface area contributed by atoms with Crippen LogP contribution in [0.15, 0.2) is 47.3 Å². The van der Waals surface area contributed by atoms with Crippen molar-refractivity contribution < 1.29 is 14.7 Å². The molecule has 0 bridgehead atoms. The van der Waals surface area contributed by atoms with Gasteiger partial charge in [-0.2, -0.15) is 5.10 Å². The molecule has 0 saturated heterocycles. The van der Waals surface area contributed by atoms with Gasteiger partial charge in [0, 0.05) is 19.0 Å². The highest BCUT2D eigenvalue weighted by Crippen LogP contribution is 2.04. The lowest BCUT2D eigenvalue weighted by Crippen LogP contribution is -2.43. The van der Waals surface area contributed by atoms with Crippen molar-refractivity contribution in [2.24, 2.45) is 0 Å². The lowest BCUT2D eigenvalue weighted by Gasteiger charge is -2.14. The van der Waals surface area contributed by atoms with E-state index in [1.807, 2.05) is 13.0 Å². The van der Waals surface area contributed by atoms with E-state index in [-0.39, 0.29) is 17.7 Å². The molecule has 126 valence electrons. The Morgan fingerprint density at radius 3 is 2.54 bits per heavy atom. The molecule has 0 saturated carbocycles. The number of aliphatic carboxylic acids is 1. The highest BCUT2D eigenvalue weighted by Gasteiger charge is 2.22.